The smallest absolute Gasteiger partial charge is 0.262 e. The summed E-state index contributed by atoms with van der Waals surface area (Å²) in [5.41, 5.74) is 0. The Morgan fingerprint density at radius 1 is 1.33 bits per heavy atom. The van der Waals surface area contributed by atoms with Gasteiger partial charge in [-0.15, -0.1) is 0 Å². The molecule has 0 aromatic heterocycles. The highest BCUT2D eigenvalue weighted by Crippen LogP contribution is 2.24. The van der Waals surface area contributed by atoms with E-state index in [0.29, 0.717) is 13.1 Å². The molecular weight excluding hydrogens is 244 g/mol. The summed E-state index contributed by atoms with van der Waals surface area (Å²) in [6.45, 7) is 0.844. The molecule has 2 rings (SSSR count). The fourth-order valence-corrected chi connectivity index (χ4v) is 2.27. The van der Waals surface area contributed by atoms with Gasteiger partial charge in [0.15, 0.2) is 0 Å². The number of carbonyl (C=O) groups excluding carboxylic acids is 2. The Labute approximate surface area is 104 Å². The van der Waals surface area contributed by atoms with Gasteiger partial charge in [-0.05, 0) is 12.8 Å². The molecule has 2 saturated heterocycles. The molecule has 0 bridgehead atoms. The number of amides is 2. The van der Waals surface area contributed by atoms with Gasteiger partial charge >= 0.3 is 0 Å². The number of halogens is 2. The number of carbonyl (C=O) groups is 2. The molecule has 5 nitrogen and oxygen atoms in total. The summed E-state index contributed by atoms with van der Waals surface area (Å²) in [5.74, 6) is -3.51. The van der Waals surface area contributed by atoms with Crippen molar-refractivity contribution in [1.82, 2.24) is 15.5 Å². The van der Waals surface area contributed by atoms with E-state index in [1.807, 2.05) is 0 Å². The van der Waals surface area contributed by atoms with Crippen LogP contribution in [-0.4, -0.2) is 54.9 Å². The summed E-state index contributed by atoms with van der Waals surface area (Å²) in [6, 6.07) is -0.897. The maximum Gasteiger partial charge on any atom is 0.262 e. The molecule has 2 N–H and O–H groups in total. The minimum absolute atomic E-state index is 0.109. The second-order valence-electron chi connectivity index (χ2n) is 4.80. The molecule has 0 aliphatic carbocycles. The Morgan fingerprint density at radius 3 is 2.56 bits per heavy atom. The summed E-state index contributed by atoms with van der Waals surface area (Å²) in [4.78, 5) is 24.9. The predicted octanol–water partition coefficient (Wildman–Crippen LogP) is -0.278. The average molecular weight is 261 g/mol. The van der Waals surface area contributed by atoms with Crippen LogP contribution in [0.2, 0.25) is 0 Å². The molecule has 0 saturated carbocycles. The highest BCUT2D eigenvalue weighted by atomic mass is 19.3. The molecule has 2 aliphatic rings. The van der Waals surface area contributed by atoms with Crippen LogP contribution in [0.25, 0.3) is 0 Å². The number of nitrogens with one attached hydrogen (secondary N) is 2. The molecular formula is C11H17F2N3O2. The SMILES string of the molecule is O=C(NCC(=O)N1CCCC1)C1CC(F)(F)CN1. The van der Waals surface area contributed by atoms with Gasteiger partial charge in [-0.3, -0.25) is 14.9 Å². The van der Waals surface area contributed by atoms with E-state index in [-0.39, 0.29) is 12.5 Å². The van der Waals surface area contributed by atoms with Crippen LogP contribution in [0.5, 0.6) is 0 Å². The van der Waals surface area contributed by atoms with Gasteiger partial charge in [-0.25, -0.2) is 8.78 Å². The van der Waals surface area contributed by atoms with Crippen LogP contribution in [0.1, 0.15) is 19.3 Å². The lowest BCUT2D eigenvalue weighted by atomic mass is 10.2. The molecule has 2 heterocycles. The van der Waals surface area contributed by atoms with Crippen LogP contribution in [0, 0.1) is 0 Å². The first-order chi connectivity index (χ1) is 8.48. The maximum atomic E-state index is 12.9. The first-order valence-corrected chi connectivity index (χ1v) is 6.15. The molecule has 2 amide bonds. The van der Waals surface area contributed by atoms with Gasteiger partial charge < -0.3 is 10.2 Å². The van der Waals surface area contributed by atoms with Crippen LogP contribution in [0.15, 0.2) is 0 Å². The van der Waals surface area contributed by atoms with Crippen LogP contribution >= 0.6 is 0 Å². The lowest BCUT2D eigenvalue weighted by Gasteiger charge is -2.16. The first-order valence-electron chi connectivity index (χ1n) is 6.15. The fourth-order valence-electron chi connectivity index (χ4n) is 2.27. The van der Waals surface area contributed by atoms with Gasteiger partial charge in [0.25, 0.3) is 5.92 Å². The largest absolute Gasteiger partial charge is 0.346 e. The molecule has 0 aromatic carbocycles. The third-order valence-corrected chi connectivity index (χ3v) is 3.30. The monoisotopic (exact) mass is 261 g/mol. The molecule has 7 heteroatoms. The Hall–Kier alpha value is -1.24. The number of hydrogen-bond donors (Lipinski definition) is 2. The Kier molecular flexibility index (Phi) is 3.79. The van der Waals surface area contributed by atoms with Crippen molar-refractivity contribution in [3.8, 4) is 0 Å². The van der Waals surface area contributed by atoms with Crippen molar-refractivity contribution < 1.29 is 18.4 Å². The standard InChI is InChI=1S/C11H17F2N3O2/c12-11(13)5-8(15-7-11)10(18)14-6-9(17)16-3-1-2-4-16/h8,15H,1-7H2,(H,14,18). The van der Waals surface area contributed by atoms with E-state index in [1.54, 1.807) is 4.90 Å². The molecule has 102 valence electrons. The predicted molar refractivity (Wildman–Crippen MR) is 60.2 cm³/mol. The lowest BCUT2D eigenvalue weighted by Crippen LogP contribution is -2.45. The number of hydrogen-bond acceptors (Lipinski definition) is 3. The van der Waals surface area contributed by atoms with Crippen LogP contribution < -0.4 is 10.6 Å². The second-order valence-corrected chi connectivity index (χ2v) is 4.80. The molecule has 1 atom stereocenters. The zero-order valence-electron chi connectivity index (χ0n) is 10.0. The van der Waals surface area contributed by atoms with Crippen molar-refractivity contribution in [3.05, 3.63) is 0 Å². The van der Waals surface area contributed by atoms with Crippen molar-refractivity contribution in [2.45, 2.75) is 31.2 Å². The number of likely N-dealkylation sites (tertiary alicyclic amines) is 1. The molecule has 0 radical (unpaired) electrons. The minimum atomic E-state index is -2.83. The van der Waals surface area contributed by atoms with Gasteiger partial charge in [0, 0.05) is 19.5 Å². The van der Waals surface area contributed by atoms with Crippen molar-refractivity contribution in [2.24, 2.45) is 0 Å². The molecule has 2 fully saturated rings. The van der Waals surface area contributed by atoms with Gasteiger partial charge in [-0.1, -0.05) is 0 Å². The van der Waals surface area contributed by atoms with Crippen LogP contribution in [-0.2, 0) is 9.59 Å². The van der Waals surface area contributed by atoms with Gasteiger partial charge in [-0.2, -0.15) is 0 Å². The van der Waals surface area contributed by atoms with E-state index >= 15 is 0 Å². The average Bonchev–Trinajstić information content (AvgIpc) is 2.94. The summed E-state index contributed by atoms with van der Waals surface area (Å²) in [5, 5.41) is 4.87. The highest BCUT2D eigenvalue weighted by molar-refractivity contribution is 5.87. The van der Waals surface area contributed by atoms with Crippen molar-refractivity contribution >= 4 is 11.8 Å². The van der Waals surface area contributed by atoms with Gasteiger partial charge in [0.05, 0.1) is 19.1 Å². The summed E-state index contributed by atoms with van der Waals surface area (Å²) in [6.07, 6.45) is 1.46. The van der Waals surface area contributed by atoms with E-state index in [0.717, 1.165) is 12.8 Å². The Bertz CT molecular complexity index is 343. The Morgan fingerprint density at radius 2 is 2.00 bits per heavy atom. The van der Waals surface area contributed by atoms with Gasteiger partial charge in [0.2, 0.25) is 11.8 Å². The quantitative estimate of drug-likeness (QED) is 0.734. The Balaban J connectivity index is 1.73. The zero-order valence-corrected chi connectivity index (χ0v) is 10.0. The zero-order chi connectivity index (χ0) is 13.2. The topological polar surface area (TPSA) is 61.4 Å². The van der Waals surface area contributed by atoms with E-state index in [4.69, 9.17) is 0 Å². The number of nitrogens with zero attached hydrogens (tertiary/aromatic N) is 1. The molecule has 1 unspecified atom stereocenters. The third kappa shape index (κ3) is 3.16. The summed E-state index contributed by atoms with van der Waals surface area (Å²) < 4.78 is 25.8. The summed E-state index contributed by atoms with van der Waals surface area (Å²) >= 11 is 0. The molecule has 0 aromatic rings. The van der Waals surface area contributed by atoms with Crippen molar-refractivity contribution in [3.63, 3.8) is 0 Å². The molecule has 18 heavy (non-hydrogen) atoms. The van der Waals surface area contributed by atoms with Crippen LogP contribution in [0.4, 0.5) is 8.78 Å². The van der Waals surface area contributed by atoms with E-state index in [1.165, 1.54) is 0 Å². The van der Waals surface area contributed by atoms with Crippen molar-refractivity contribution in [1.29, 1.82) is 0 Å². The second kappa shape index (κ2) is 5.17. The van der Waals surface area contributed by atoms with E-state index < -0.39 is 30.8 Å². The number of alkyl halides is 2. The number of rotatable bonds is 3. The van der Waals surface area contributed by atoms with Gasteiger partial charge in [0.1, 0.15) is 0 Å². The van der Waals surface area contributed by atoms with E-state index in [9.17, 15) is 18.4 Å². The fraction of sp³-hybridized carbons (Fsp3) is 0.818. The molecule has 0 spiro atoms. The normalized spacial score (nSPS) is 26.3. The highest BCUT2D eigenvalue weighted by Gasteiger charge is 2.42. The minimum Gasteiger partial charge on any atom is -0.346 e. The third-order valence-electron chi connectivity index (χ3n) is 3.30. The lowest BCUT2D eigenvalue weighted by molar-refractivity contribution is -0.132. The molecule has 2 aliphatic heterocycles. The summed E-state index contributed by atoms with van der Waals surface area (Å²) in [7, 11) is 0. The first kappa shape index (κ1) is 13.2. The van der Waals surface area contributed by atoms with E-state index in [2.05, 4.69) is 10.6 Å². The van der Waals surface area contributed by atoms with Crippen LogP contribution in [0.3, 0.4) is 0 Å². The van der Waals surface area contributed by atoms with Crippen molar-refractivity contribution in [2.75, 3.05) is 26.2 Å². The maximum absolute atomic E-state index is 12.9.